The number of aromatic nitrogens is 2. The second-order valence-electron chi connectivity index (χ2n) is 4.22. The smallest absolute Gasteiger partial charge is 0.404 e. The van der Waals surface area contributed by atoms with Crippen molar-refractivity contribution in [2.75, 3.05) is 6.54 Å². The van der Waals surface area contributed by atoms with E-state index in [1.54, 1.807) is 24.3 Å². The fraction of sp³-hybridized carbons (Fsp3) is 0.333. The van der Waals surface area contributed by atoms with E-state index in [1.807, 2.05) is 0 Å². The van der Waals surface area contributed by atoms with Crippen molar-refractivity contribution in [3.05, 3.63) is 36.2 Å². The van der Waals surface area contributed by atoms with Crippen molar-refractivity contribution < 1.29 is 17.6 Å². The fourth-order valence-corrected chi connectivity index (χ4v) is 1.55. The van der Waals surface area contributed by atoms with Crippen LogP contribution < -0.4 is 11.1 Å². The van der Waals surface area contributed by atoms with Crippen molar-refractivity contribution >= 4 is 0 Å². The molecule has 0 bridgehead atoms. The summed E-state index contributed by atoms with van der Waals surface area (Å²) in [6, 6.07) is 5.19. The number of hydrogen-bond acceptors (Lipinski definition) is 5. The lowest BCUT2D eigenvalue weighted by atomic mass is 10.1. The average molecular weight is 286 g/mol. The molecule has 1 aromatic carbocycles. The van der Waals surface area contributed by atoms with E-state index in [0.717, 1.165) is 11.1 Å². The molecule has 0 fully saturated rings. The molecular weight excluding hydrogens is 273 g/mol. The van der Waals surface area contributed by atoms with E-state index in [2.05, 4.69) is 15.5 Å². The maximum absolute atomic E-state index is 12.2. The van der Waals surface area contributed by atoms with Crippen LogP contribution in [0.2, 0.25) is 0 Å². The minimum Gasteiger partial charge on any atom is -0.423 e. The Morgan fingerprint density at radius 3 is 2.50 bits per heavy atom. The Morgan fingerprint density at radius 1 is 1.25 bits per heavy atom. The van der Waals surface area contributed by atoms with Crippen LogP contribution in [0.25, 0.3) is 11.5 Å². The molecule has 1 heterocycles. The summed E-state index contributed by atoms with van der Waals surface area (Å²) in [4.78, 5) is 0. The molecule has 20 heavy (non-hydrogen) atoms. The SMILES string of the molecule is N[C@H](CNCc1ccc(-c2nnco2)cc1)C(F)(F)F. The zero-order chi connectivity index (χ0) is 14.6. The van der Waals surface area contributed by atoms with Gasteiger partial charge in [-0.05, 0) is 17.7 Å². The van der Waals surface area contributed by atoms with E-state index in [4.69, 9.17) is 10.2 Å². The van der Waals surface area contributed by atoms with Crippen LogP contribution in [0.4, 0.5) is 13.2 Å². The molecule has 0 amide bonds. The first-order valence-corrected chi connectivity index (χ1v) is 5.85. The average Bonchev–Trinajstić information content (AvgIpc) is 2.92. The number of hydrogen-bond donors (Lipinski definition) is 2. The van der Waals surface area contributed by atoms with Gasteiger partial charge in [0.15, 0.2) is 0 Å². The molecule has 3 N–H and O–H groups in total. The summed E-state index contributed by atoms with van der Waals surface area (Å²) >= 11 is 0. The lowest BCUT2D eigenvalue weighted by Gasteiger charge is -2.16. The largest absolute Gasteiger partial charge is 0.423 e. The molecule has 8 heteroatoms. The Hall–Kier alpha value is -1.93. The van der Waals surface area contributed by atoms with Crippen LogP contribution in [0.3, 0.4) is 0 Å². The van der Waals surface area contributed by atoms with Crippen LogP contribution in [0.1, 0.15) is 5.56 Å². The quantitative estimate of drug-likeness (QED) is 0.875. The Labute approximate surface area is 113 Å². The van der Waals surface area contributed by atoms with Gasteiger partial charge in [-0.2, -0.15) is 13.2 Å². The second kappa shape index (κ2) is 6.02. The topological polar surface area (TPSA) is 77.0 Å². The zero-order valence-electron chi connectivity index (χ0n) is 10.4. The highest BCUT2D eigenvalue weighted by atomic mass is 19.4. The summed E-state index contributed by atoms with van der Waals surface area (Å²) < 4.78 is 41.6. The van der Waals surface area contributed by atoms with E-state index in [1.165, 1.54) is 6.39 Å². The van der Waals surface area contributed by atoms with Crippen molar-refractivity contribution in [2.45, 2.75) is 18.8 Å². The molecule has 0 saturated carbocycles. The maximum Gasteiger partial charge on any atom is 0.404 e. The van der Waals surface area contributed by atoms with Gasteiger partial charge in [0, 0.05) is 18.7 Å². The molecule has 0 spiro atoms. The molecule has 0 aliphatic rings. The summed E-state index contributed by atoms with van der Waals surface area (Å²) in [5.41, 5.74) is 6.57. The molecule has 1 atom stereocenters. The van der Waals surface area contributed by atoms with Gasteiger partial charge in [-0.3, -0.25) is 0 Å². The van der Waals surface area contributed by atoms with Crippen LogP contribution in [0.5, 0.6) is 0 Å². The molecule has 2 rings (SSSR count). The van der Waals surface area contributed by atoms with Crippen molar-refractivity contribution in [1.82, 2.24) is 15.5 Å². The number of nitrogens with two attached hydrogens (primary N) is 1. The van der Waals surface area contributed by atoms with Gasteiger partial charge < -0.3 is 15.5 Å². The monoisotopic (exact) mass is 286 g/mol. The minimum atomic E-state index is -4.38. The summed E-state index contributed by atoms with van der Waals surface area (Å²) in [6.07, 6.45) is -3.15. The minimum absolute atomic E-state index is 0.299. The first kappa shape index (κ1) is 14.5. The molecule has 2 aromatic rings. The Morgan fingerprint density at radius 2 is 1.95 bits per heavy atom. The van der Waals surface area contributed by atoms with Gasteiger partial charge in [0.2, 0.25) is 12.3 Å². The van der Waals surface area contributed by atoms with E-state index < -0.39 is 12.2 Å². The normalized spacial score (nSPS) is 13.4. The zero-order valence-corrected chi connectivity index (χ0v) is 10.4. The van der Waals surface area contributed by atoms with Crippen LogP contribution in [-0.4, -0.2) is 29.0 Å². The number of alkyl halides is 3. The van der Waals surface area contributed by atoms with E-state index >= 15 is 0 Å². The highest BCUT2D eigenvalue weighted by Gasteiger charge is 2.36. The summed E-state index contributed by atoms with van der Waals surface area (Å²) in [5.74, 6) is 0.392. The van der Waals surface area contributed by atoms with Gasteiger partial charge in [0.1, 0.15) is 6.04 Å². The maximum atomic E-state index is 12.2. The molecule has 0 aliphatic carbocycles. The number of benzene rings is 1. The van der Waals surface area contributed by atoms with E-state index in [-0.39, 0.29) is 6.54 Å². The predicted molar refractivity (Wildman–Crippen MR) is 65.5 cm³/mol. The number of nitrogens with one attached hydrogen (secondary N) is 1. The molecule has 0 saturated heterocycles. The number of nitrogens with zero attached hydrogens (tertiary/aromatic N) is 2. The van der Waals surface area contributed by atoms with Crippen molar-refractivity contribution in [1.29, 1.82) is 0 Å². The highest BCUT2D eigenvalue weighted by Crippen LogP contribution is 2.18. The standard InChI is InChI=1S/C12H13F3N4O/c13-12(14,15)10(16)6-17-5-8-1-3-9(4-2-8)11-19-18-7-20-11/h1-4,7,10,17H,5-6,16H2/t10-/m1/s1. The Bertz CT molecular complexity index is 525. The second-order valence-corrected chi connectivity index (χ2v) is 4.22. The van der Waals surface area contributed by atoms with Gasteiger partial charge in [-0.25, -0.2) is 0 Å². The first-order valence-electron chi connectivity index (χ1n) is 5.85. The fourth-order valence-electron chi connectivity index (χ4n) is 1.55. The summed E-state index contributed by atoms with van der Waals surface area (Å²) in [6.45, 7) is -0.0250. The third kappa shape index (κ3) is 3.78. The summed E-state index contributed by atoms with van der Waals surface area (Å²) in [5, 5.41) is 9.98. The van der Waals surface area contributed by atoms with Crippen LogP contribution >= 0.6 is 0 Å². The highest BCUT2D eigenvalue weighted by molar-refractivity contribution is 5.52. The van der Waals surface area contributed by atoms with E-state index in [9.17, 15) is 13.2 Å². The third-order valence-electron chi connectivity index (χ3n) is 2.67. The molecule has 108 valence electrons. The van der Waals surface area contributed by atoms with Gasteiger partial charge in [0.05, 0.1) is 0 Å². The molecule has 0 aliphatic heterocycles. The van der Waals surface area contributed by atoms with Crippen LogP contribution in [0.15, 0.2) is 35.1 Å². The molecule has 5 nitrogen and oxygen atoms in total. The van der Waals surface area contributed by atoms with Crippen molar-refractivity contribution in [3.8, 4) is 11.5 Å². The van der Waals surface area contributed by atoms with E-state index in [0.29, 0.717) is 12.4 Å². The first-order chi connectivity index (χ1) is 9.47. The van der Waals surface area contributed by atoms with Gasteiger partial charge >= 0.3 is 6.18 Å². The summed E-state index contributed by atoms with van der Waals surface area (Å²) in [7, 11) is 0. The Balaban J connectivity index is 1.86. The Kier molecular flexibility index (Phi) is 4.35. The molecular formula is C12H13F3N4O. The third-order valence-corrected chi connectivity index (χ3v) is 2.67. The number of halogens is 3. The van der Waals surface area contributed by atoms with Crippen molar-refractivity contribution in [2.24, 2.45) is 5.73 Å². The molecule has 0 radical (unpaired) electrons. The van der Waals surface area contributed by atoms with Gasteiger partial charge in [-0.1, -0.05) is 12.1 Å². The predicted octanol–water partition coefficient (Wildman–Crippen LogP) is 1.72. The van der Waals surface area contributed by atoms with Crippen LogP contribution in [-0.2, 0) is 6.54 Å². The molecule has 0 unspecified atom stereocenters. The molecule has 1 aromatic heterocycles. The van der Waals surface area contributed by atoms with Gasteiger partial charge in [0.25, 0.3) is 0 Å². The lowest BCUT2D eigenvalue weighted by molar-refractivity contribution is -0.146. The van der Waals surface area contributed by atoms with Crippen LogP contribution in [0, 0.1) is 0 Å². The van der Waals surface area contributed by atoms with Crippen molar-refractivity contribution in [3.63, 3.8) is 0 Å². The lowest BCUT2D eigenvalue weighted by Crippen LogP contribution is -2.45. The van der Waals surface area contributed by atoms with Gasteiger partial charge in [-0.15, -0.1) is 10.2 Å². The number of rotatable bonds is 5.